The highest BCUT2D eigenvalue weighted by Gasteiger charge is 2.27. The Morgan fingerprint density at radius 1 is 0.800 bits per heavy atom. The standard InChI is InChI=1S/C36H35N3O6/c40-24-30(21-27-14-17-31(18-15-27)45-35-13-7-8-20-37-35)38-32(22-26-9-3-1-4-10-26)36(41)29-16-19-34(33(23-29)39(42)43)44-25-28-11-5-2-6-12-28/h1-20,23,30,32,36,38,40-41H,21-22,24-25H2/t30-,32?,36+/m0/s1. The molecule has 0 saturated heterocycles. The molecule has 1 unspecified atom stereocenters. The lowest BCUT2D eigenvalue weighted by atomic mass is 9.94. The maximum Gasteiger partial charge on any atom is 0.311 e. The fourth-order valence-electron chi connectivity index (χ4n) is 5.07. The number of benzene rings is 4. The minimum absolute atomic E-state index is 0.121. The van der Waals surface area contributed by atoms with E-state index in [4.69, 9.17) is 9.47 Å². The summed E-state index contributed by atoms with van der Waals surface area (Å²) in [4.78, 5) is 15.7. The van der Waals surface area contributed by atoms with E-state index in [2.05, 4.69) is 10.3 Å². The van der Waals surface area contributed by atoms with Gasteiger partial charge in [-0.1, -0.05) is 84.9 Å². The van der Waals surface area contributed by atoms with Gasteiger partial charge in [-0.25, -0.2) is 4.98 Å². The van der Waals surface area contributed by atoms with Gasteiger partial charge in [0.1, 0.15) is 12.4 Å². The quantitative estimate of drug-likeness (QED) is 0.0951. The van der Waals surface area contributed by atoms with E-state index >= 15 is 0 Å². The van der Waals surface area contributed by atoms with Crippen LogP contribution in [0.15, 0.2) is 128 Å². The molecule has 5 rings (SSSR count). The van der Waals surface area contributed by atoms with Crippen molar-refractivity contribution in [3.8, 4) is 17.4 Å². The summed E-state index contributed by atoms with van der Waals surface area (Å²) in [6.07, 6.45) is 1.45. The fourth-order valence-corrected chi connectivity index (χ4v) is 5.07. The van der Waals surface area contributed by atoms with Crippen LogP contribution in [0.4, 0.5) is 5.69 Å². The number of nitro groups is 1. The number of pyridine rings is 1. The molecule has 0 spiro atoms. The molecule has 3 N–H and O–H groups in total. The van der Waals surface area contributed by atoms with Gasteiger partial charge in [-0.05, 0) is 59.4 Å². The van der Waals surface area contributed by atoms with Gasteiger partial charge in [0.2, 0.25) is 5.88 Å². The highest BCUT2D eigenvalue weighted by atomic mass is 16.6. The van der Waals surface area contributed by atoms with Crippen molar-refractivity contribution in [2.24, 2.45) is 0 Å². The second-order valence-corrected chi connectivity index (χ2v) is 10.7. The van der Waals surface area contributed by atoms with E-state index in [9.17, 15) is 20.3 Å². The van der Waals surface area contributed by atoms with Crippen LogP contribution < -0.4 is 14.8 Å². The summed E-state index contributed by atoms with van der Waals surface area (Å²) in [5.41, 5.74) is 2.95. The van der Waals surface area contributed by atoms with Crippen molar-refractivity contribution in [3.63, 3.8) is 0 Å². The molecule has 0 saturated carbocycles. The van der Waals surface area contributed by atoms with Crippen LogP contribution in [0.2, 0.25) is 0 Å². The Hall–Kier alpha value is -5.09. The SMILES string of the molecule is O=[N+]([O-])c1cc([C@@H](O)C(Cc2ccccc2)N[C@H](CO)Cc2ccc(Oc3ccccn3)cc2)ccc1OCc1ccccc1. The highest BCUT2D eigenvalue weighted by molar-refractivity contribution is 5.49. The molecule has 3 atom stereocenters. The van der Waals surface area contributed by atoms with Gasteiger partial charge in [-0.3, -0.25) is 10.1 Å². The van der Waals surface area contributed by atoms with Crippen molar-refractivity contribution in [1.29, 1.82) is 0 Å². The Bertz CT molecular complexity index is 1640. The lowest BCUT2D eigenvalue weighted by Gasteiger charge is -2.29. The first kappa shape index (κ1) is 31.3. The molecule has 45 heavy (non-hydrogen) atoms. The molecule has 0 amide bonds. The van der Waals surface area contributed by atoms with E-state index < -0.39 is 23.1 Å². The van der Waals surface area contributed by atoms with E-state index in [0.717, 1.165) is 16.7 Å². The Balaban J connectivity index is 1.32. The third-order valence-electron chi connectivity index (χ3n) is 7.37. The first-order valence-corrected chi connectivity index (χ1v) is 14.7. The molecular weight excluding hydrogens is 570 g/mol. The Morgan fingerprint density at radius 2 is 1.47 bits per heavy atom. The third kappa shape index (κ3) is 8.96. The number of aromatic nitrogens is 1. The number of aliphatic hydroxyl groups is 2. The predicted octanol–water partition coefficient (Wildman–Crippen LogP) is 6.20. The fraction of sp³-hybridized carbons (Fsp3) is 0.194. The van der Waals surface area contributed by atoms with Crippen molar-refractivity contribution in [2.75, 3.05) is 6.61 Å². The Morgan fingerprint density at radius 3 is 2.11 bits per heavy atom. The number of ether oxygens (including phenoxy) is 2. The summed E-state index contributed by atoms with van der Waals surface area (Å²) in [6.45, 7) is -0.00714. The summed E-state index contributed by atoms with van der Waals surface area (Å²) in [5, 5.41) is 37.4. The molecule has 1 heterocycles. The average Bonchev–Trinajstić information content (AvgIpc) is 3.08. The molecule has 0 aliphatic carbocycles. The normalized spacial score (nSPS) is 13.0. The first-order chi connectivity index (χ1) is 22.0. The van der Waals surface area contributed by atoms with Crippen LogP contribution in [0.1, 0.15) is 28.4 Å². The molecule has 9 heteroatoms. The van der Waals surface area contributed by atoms with Crippen molar-refractivity contribution in [2.45, 2.75) is 37.6 Å². The summed E-state index contributed by atoms with van der Waals surface area (Å²) < 4.78 is 11.6. The van der Waals surface area contributed by atoms with E-state index in [0.29, 0.717) is 30.0 Å². The zero-order chi connectivity index (χ0) is 31.4. The topological polar surface area (TPSA) is 127 Å². The minimum atomic E-state index is -1.12. The lowest BCUT2D eigenvalue weighted by molar-refractivity contribution is -0.386. The molecule has 0 aliphatic rings. The molecule has 5 aromatic rings. The minimum Gasteiger partial charge on any atom is -0.482 e. The zero-order valence-corrected chi connectivity index (χ0v) is 24.6. The smallest absolute Gasteiger partial charge is 0.311 e. The van der Waals surface area contributed by atoms with Crippen molar-refractivity contribution >= 4 is 5.69 Å². The van der Waals surface area contributed by atoms with Gasteiger partial charge in [-0.15, -0.1) is 0 Å². The summed E-state index contributed by atoms with van der Waals surface area (Å²) in [7, 11) is 0. The van der Waals surface area contributed by atoms with E-state index in [-0.39, 0.29) is 24.7 Å². The molecular formula is C36H35N3O6. The maximum absolute atomic E-state index is 12.0. The lowest BCUT2D eigenvalue weighted by Crippen LogP contribution is -2.46. The molecule has 0 radical (unpaired) electrons. The summed E-state index contributed by atoms with van der Waals surface area (Å²) >= 11 is 0. The molecule has 0 bridgehead atoms. The number of rotatable bonds is 15. The van der Waals surface area contributed by atoms with Crippen LogP contribution >= 0.6 is 0 Å². The van der Waals surface area contributed by atoms with Crippen molar-refractivity contribution < 1.29 is 24.6 Å². The summed E-state index contributed by atoms with van der Waals surface area (Å²) in [5.74, 6) is 1.26. The number of nitrogens with one attached hydrogen (secondary N) is 1. The van der Waals surface area contributed by atoms with Crippen molar-refractivity contribution in [1.82, 2.24) is 10.3 Å². The summed E-state index contributed by atoms with van der Waals surface area (Å²) in [6, 6.07) is 35.6. The van der Waals surface area contributed by atoms with Gasteiger partial charge in [0.25, 0.3) is 0 Å². The number of hydrogen-bond donors (Lipinski definition) is 3. The van der Waals surface area contributed by atoms with Crippen LogP contribution in [0.25, 0.3) is 0 Å². The van der Waals surface area contributed by atoms with Gasteiger partial charge >= 0.3 is 5.69 Å². The number of nitro benzene ring substituents is 1. The van der Waals surface area contributed by atoms with Crippen LogP contribution in [0, 0.1) is 10.1 Å². The molecule has 0 fully saturated rings. The van der Waals surface area contributed by atoms with Gasteiger partial charge in [-0.2, -0.15) is 0 Å². The number of hydrogen-bond acceptors (Lipinski definition) is 8. The van der Waals surface area contributed by atoms with Gasteiger partial charge < -0.3 is 25.0 Å². The second-order valence-electron chi connectivity index (χ2n) is 10.7. The Labute approximate surface area is 261 Å². The molecule has 0 aliphatic heterocycles. The van der Waals surface area contributed by atoms with Gasteiger partial charge in [0, 0.05) is 30.4 Å². The molecule has 1 aromatic heterocycles. The van der Waals surface area contributed by atoms with Crippen LogP contribution in [0.5, 0.6) is 17.4 Å². The molecule has 4 aromatic carbocycles. The first-order valence-electron chi connectivity index (χ1n) is 14.7. The second kappa shape index (κ2) is 15.6. The van der Waals surface area contributed by atoms with Gasteiger partial charge in [0.15, 0.2) is 5.75 Å². The highest BCUT2D eigenvalue weighted by Crippen LogP contribution is 2.32. The maximum atomic E-state index is 12.0. The molecule has 9 nitrogen and oxygen atoms in total. The van der Waals surface area contributed by atoms with E-state index in [1.54, 1.807) is 18.3 Å². The van der Waals surface area contributed by atoms with Crippen molar-refractivity contribution in [3.05, 3.63) is 160 Å². The van der Waals surface area contributed by atoms with E-state index in [1.807, 2.05) is 97.1 Å². The zero-order valence-electron chi connectivity index (χ0n) is 24.6. The van der Waals surface area contributed by atoms with E-state index in [1.165, 1.54) is 12.1 Å². The predicted molar refractivity (Wildman–Crippen MR) is 171 cm³/mol. The number of aliphatic hydroxyl groups excluding tert-OH is 2. The molecule has 230 valence electrons. The third-order valence-corrected chi connectivity index (χ3v) is 7.37. The number of nitrogens with zero attached hydrogens (tertiary/aromatic N) is 2. The Kier molecular flexibility index (Phi) is 10.9. The average molecular weight is 606 g/mol. The van der Waals surface area contributed by atoms with Crippen LogP contribution in [0.3, 0.4) is 0 Å². The van der Waals surface area contributed by atoms with Gasteiger partial charge in [0.05, 0.1) is 17.6 Å². The van der Waals surface area contributed by atoms with Crippen LogP contribution in [-0.2, 0) is 19.4 Å². The van der Waals surface area contributed by atoms with Crippen LogP contribution in [-0.4, -0.2) is 38.8 Å². The largest absolute Gasteiger partial charge is 0.482 e. The monoisotopic (exact) mass is 605 g/mol.